The third-order valence-corrected chi connectivity index (χ3v) is 2.93. The number of aldehydes is 2. The maximum atomic E-state index is 10.9. The summed E-state index contributed by atoms with van der Waals surface area (Å²) in [6.45, 7) is 0. The first-order chi connectivity index (χ1) is 9.86. The molecule has 0 aliphatic heterocycles. The topological polar surface area (TPSA) is 34.1 Å². The number of benzene rings is 2. The van der Waals surface area contributed by atoms with Crippen molar-refractivity contribution in [1.82, 2.24) is 0 Å². The molecule has 2 rings (SSSR count). The molecule has 2 aromatic rings. The molecule has 0 aliphatic carbocycles. The second kappa shape index (κ2) is 7.00. The molecule has 0 unspecified atom stereocenters. The summed E-state index contributed by atoms with van der Waals surface area (Å²) in [6.07, 6.45) is 4.45. The zero-order valence-corrected chi connectivity index (χ0v) is 10.9. The Morgan fingerprint density at radius 2 is 0.950 bits per heavy atom. The van der Waals surface area contributed by atoms with Gasteiger partial charge < -0.3 is 0 Å². The van der Waals surface area contributed by atoms with Crippen LogP contribution in [0, 0.1) is 0 Å². The first-order valence-electron chi connectivity index (χ1n) is 6.29. The van der Waals surface area contributed by atoms with Crippen molar-refractivity contribution < 1.29 is 9.59 Å². The van der Waals surface area contributed by atoms with Crippen molar-refractivity contribution in [1.29, 1.82) is 0 Å². The smallest absolute Gasteiger partial charge is 0.143 e. The van der Waals surface area contributed by atoms with Crippen LogP contribution < -0.4 is 0 Å². The zero-order valence-electron chi connectivity index (χ0n) is 10.9. The fraction of sp³-hybridized carbons (Fsp3) is 0. The summed E-state index contributed by atoms with van der Waals surface area (Å²) in [6, 6.07) is 19.1. The molecule has 0 fully saturated rings. The summed E-state index contributed by atoms with van der Waals surface area (Å²) < 4.78 is 0. The van der Waals surface area contributed by atoms with Crippen LogP contribution in [0.1, 0.15) is 11.1 Å². The Morgan fingerprint density at radius 1 is 0.600 bits per heavy atom. The Labute approximate surface area is 118 Å². The van der Waals surface area contributed by atoms with Crippen LogP contribution in [0.2, 0.25) is 0 Å². The summed E-state index contributed by atoms with van der Waals surface area (Å²) in [4.78, 5) is 21.9. The standard InChI is InChI=1S/C18H14O2/c19-13-11-17(15-7-3-1-4-8-15)18(12-14-20)16-9-5-2-6-10-16/h1-14H/b17-11+,18-12+. The monoisotopic (exact) mass is 262 g/mol. The van der Waals surface area contributed by atoms with Crippen LogP contribution in [0.4, 0.5) is 0 Å². The van der Waals surface area contributed by atoms with E-state index in [1.54, 1.807) is 0 Å². The van der Waals surface area contributed by atoms with Gasteiger partial charge in [0.1, 0.15) is 12.6 Å². The number of allylic oxidation sites excluding steroid dienone is 4. The van der Waals surface area contributed by atoms with Gasteiger partial charge in [-0.15, -0.1) is 0 Å². The fourth-order valence-corrected chi connectivity index (χ4v) is 2.05. The Hall–Kier alpha value is -2.74. The third kappa shape index (κ3) is 3.18. The van der Waals surface area contributed by atoms with Gasteiger partial charge in [-0.1, -0.05) is 60.7 Å². The van der Waals surface area contributed by atoms with Gasteiger partial charge in [0.15, 0.2) is 0 Å². The van der Waals surface area contributed by atoms with Crippen LogP contribution in [0.25, 0.3) is 11.1 Å². The predicted octanol–water partition coefficient (Wildman–Crippen LogP) is 3.55. The molecule has 2 nitrogen and oxygen atoms in total. The lowest BCUT2D eigenvalue weighted by atomic mass is 9.92. The van der Waals surface area contributed by atoms with Crippen molar-refractivity contribution in [3.63, 3.8) is 0 Å². The number of hydrogen-bond acceptors (Lipinski definition) is 2. The van der Waals surface area contributed by atoms with E-state index in [9.17, 15) is 9.59 Å². The molecule has 0 saturated heterocycles. The van der Waals surface area contributed by atoms with Crippen molar-refractivity contribution >= 4 is 23.7 Å². The van der Waals surface area contributed by atoms with Crippen LogP contribution in [-0.2, 0) is 9.59 Å². The van der Waals surface area contributed by atoms with E-state index in [0.29, 0.717) is 0 Å². The van der Waals surface area contributed by atoms with Gasteiger partial charge in [-0.2, -0.15) is 0 Å². The first kappa shape index (κ1) is 13.7. The second-order valence-electron chi connectivity index (χ2n) is 4.16. The molecule has 0 N–H and O–H groups in total. The van der Waals surface area contributed by atoms with Crippen molar-refractivity contribution in [2.45, 2.75) is 0 Å². The Bertz CT molecular complexity index is 578. The minimum atomic E-state index is 0.735. The minimum Gasteiger partial charge on any atom is -0.299 e. The Morgan fingerprint density at radius 3 is 1.25 bits per heavy atom. The van der Waals surface area contributed by atoms with Gasteiger partial charge in [0.2, 0.25) is 0 Å². The maximum absolute atomic E-state index is 10.9. The predicted molar refractivity (Wildman–Crippen MR) is 81.0 cm³/mol. The molecular formula is C18H14O2. The number of carbonyl (C=O) groups is 2. The summed E-state index contributed by atoms with van der Waals surface area (Å²) in [5.74, 6) is 0. The van der Waals surface area contributed by atoms with Crippen molar-refractivity contribution in [2.75, 3.05) is 0 Å². The molecular weight excluding hydrogens is 248 g/mol. The van der Waals surface area contributed by atoms with Crippen LogP contribution in [-0.4, -0.2) is 12.6 Å². The highest BCUT2D eigenvalue weighted by atomic mass is 16.1. The molecule has 0 atom stereocenters. The molecule has 0 saturated carbocycles. The molecule has 0 heterocycles. The van der Waals surface area contributed by atoms with E-state index < -0.39 is 0 Å². The lowest BCUT2D eigenvalue weighted by Gasteiger charge is -2.11. The SMILES string of the molecule is O=C/C=C(/C(=C/C=O)c1ccccc1)c1ccccc1. The van der Waals surface area contributed by atoms with E-state index in [1.165, 1.54) is 12.2 Å². The lowest BCUT2D eigenvalue weighted by Crippen LogP contribution is -1.92. The van der Waals surface area contributed by atoms with Gasteiger partial charge in [-0.3, -0.25) is 9.59 Å². The molecule has 0 aromatic heterocycles. The van der Waals surface area contributed by atoms with Gasteiger partial charge >= 0.3 is 0 Å². The van der Waals surface area contributed by atoms with Crippen LogP contribution in [0.5, 0.6) is 0 Å². The van der Waals surface area contributed by atoms with E-state index in [-0.39, 0.29) is 0 Å². The van der Waals surface area contributed by atoms with E-state index in [2.05, 4.69) is 0 Å². The normalized spacial score (nSPS) is 12.0. The Kier molecular flexibility index (Phi) is 4.79. The van der Waals surface area contributed by atoms with Crippen molar-refractivity contribution in [2.24, 2.45) is 0 Å². The molecule has 0 bridgehead atoms. The van der Waals surface area contributed by atoms with Crippen LogP contribution in [0.3, 0.4) is 0 Å². The van der Waals surface area contributed by atoms with Gasteiger partial charge in [-0.05, 0) is 34.4 Å². The lowest BCUT2D eigenvalue weighted by molar-refractivity contribution is -0.104. The minimum absolute atomic E-state index is 0.735. The average molecular weight is 262 g/mol. The van der Waals surface area contributed by atoms with E-state index in [1.807, 2.05) is 60.7 Å². The summed E-state index contributed by atoms with van der Waals surface area (Å²) >= 11 is 0. The zero-order chi connectivity index (χ0) is 14.2. The largest absolute Gasteiger partial charge is 0.299 e. The van der Waals surface area contributed by atoms with E-state index in [0.717, 1.165) is 34.8 Å². The third-order valence-electron chi connectivity index (χ3n) is 2.93. The molecule has 2 aromatic carbocycles. The molecule has 0 aliphatic rings. The highest BCUT2D eigenvalue weighted by molar-refractivity contribution is 6.11. The van der Waals surface area contributed by atoms with E-state index >= 15 is 0 Å². The van der Waals surface area contributed by atoms with Gasteiger partial charge in [-0.25, -0.2) is 0 Å². The summed E-state index contributed by atoms with van der Waals surface area (Å²) in [5, 5.41) is 0. The quantitative estimate of drug-likeness (QED) is 0.469. The number of rotatable bonds is 5. The molecule has 98 valence electrons. The second-order valence-corrected chi connectivity index (χ2v) is 4.16. The highest BCUT2D eigenvalue weighted by Crippen LogP contribution is 2.30. The maximum Gasteiger partial charge on any atom is 0.143 e. The number of carbonyl (C=O) groups excluding carboxylic acids is 2. The molecule has 0 amide bonds. The Balaban J connectivity index is 2.57. The molecule has 2 heteroatoms. The first-order valence-corrected chi connectivity index (χ1v) is 6.29. The average Bonchev–Trinajstić information content (AvgIpc) is 2.52. The summed E-state index contributed by atoms with van der Waals surface area (Å²) in [7, 11) is 0. The van der Waals surface area contributed by atoms with Crippen molar-refractivity contribution in [3.8, 4) is 0 Å². The van der Waals surface area contributed by atoms with Crippen LogP contribution >= 0.6 is 0 Å². The van der Waals surface area contributed by atoms with Gasteiger partial charge in [0.25, 0.3) is 0 Å². The fourth-order valence-electron chi connectivity index (χ4n) is 2.05. The van der Waals surface area contributed by atoms with Gasteiger partial charge in [0, 0.05) is 0 Å². The summed E-state index contributed by atoms with van der Waals surface area (Å²) in [5.41, 5.74) is 3.27. The molecule has 0 spiro atoms. The number of hydrogen-bond donors (Lipinski definition) is 0. The highest BCUT2D eigenvalue weighted by Gasteiger charge is 2.09. The molecule has 0 radical (unpaired) electrons. The molecule has 20 heavy (non-hydrogen) atoms. The van der Waals surface area contributed by atoms with E-state index in [4.69, 9.17) is 0 Å². The van der Waals surface area contributed by atoms with Crippen molar-refractivity contribution in [3.05, 3.63) is 83.9 Å². The van der Waals surface area contributed by atoms with Crippen LogP contribution in [0.15, 0.2) is 72.8 Å². The van der Waals surface area contributed by atoms with Gasteiger partial charge in [0.05, 0.1) is 0 Å².